The lowest BCUT2D eigenvalue weighted by atomic mass is 9.94. The minimum atomic E-state index is -1.02. The highest BCUT2D eigenvalue weighted by Gasteiger charge is 2.23. The number of halogens is 2. The van der Waals surface area contributed by atoms with Gasteiger partial charge in [-0.2, -0.15) is 0 Å². The number of hydrogen-bond donors (Lipinski definition) is 1. The van der Waals surface area contributed by atoms with Gasteiger partial charge in [0.05, 0.1) is 16.2 Å². The molecule has 168 valence electrons. The Morgan fingerprint density at radius 3 is 2.62 bits per heavy atom. The van der Waals surface area contributed by atoms with Crippen molar-refractivity contribution in [3.05, 3.63) is 111 Å². The molecule has 1 atom stereocenters. The Labute approximate surface area is 200 Å². The van der Waals surface area contributed by atoms with E-state index in [2.05, 4.69) is 4.98 Å². The molecule has 0 spiro atoms. The molecule has 0 saturated heterocycles. The number of carbonyl (C=O) groups is 1. The van der Waals surface area contributed by atoms with Crippen LogP contribution in [-0.2, 0) is 9.53 Å². The predicted molar refractivity (Wildman–Crippen MR) is 133 cm³/mol. The molecule has 1 N–H and O–H groups in total. The highest BCUT2D eigenvalue weighted by Crippen LogP contribution is 2.36. The van der Waals surface area contributed by atoms with Crippen LogP contribution in [0.1, 0.15) is 39.6 Å². The van der Waals surface area contributed by atoms with Gasteiger partial charge < -0.3 is 9.84 Å². The number of benzene rings is 3. The molecule has 0 radical (unpaired) electrons. The van der Waals surface area contributed by atoms with E-state index in [-0.39, 0.29) is 5.02 Å². The summed E-state index contributed by atoms with van der Waals surface area (Å²) in [5.74, 6) is -1.49. The van der Waals surface area contributed by atoms with Crippen molar-refractivity contribution in [1.29, 1.82) is 0 Å². The molecule has 0 fully saturated rings. The number of ether oxygens (including phenoxy) is 1. The van der Waals surface area contributed by atoms with E-state index in [1.807, 2.05) is 72.8 Å². The Morgan fingerprint density at radius 1 is 1.00 bits per heavy atom. The third kappa shape index (κ3) is 4.49. The van der Waals surface area contributed by atoms with Crippen molar-refractivity contribution < 1.29 is 19.0 Å². The number of aromatic nitrogens is 1. The van der Waals surface area contributed by atoms with Crippen LogP contribution >= 0.6 is 11.6 Å². The van der Waals surface area contributed by atoms with E-state index in [1.54, 1.807) is 6.07 Å². The number of fused-ring (bicyclic) bond motifs is 3. The number of carboxylic acids is 1. The van der Waals surface area contributed by atoms with Crippen LogP contribution < -0.4 is 0 Å². The molecule has 5 rings (SSSR count). The van der Waals surface area contributed by atoms with Crippen molar-refractivity contribution in [1.82, 2.24) is 4.98 Å². The molecule has 1 aromatic heterocycles. The topological polar surface area (TPSA) is 59.4 Å². The summed E-state index contributed by atoms with van der Waals surface area (Å²) in [5.41, 5.74) is 5.98. The maximum Gasteiger partial charge on any atom is 0.329 e. The lowest BCUT2D eigenvalue weighted by Gasteiger charge is -2.20. The zero-order valence-corrected chi connectivity index (χ0v) is 18.7. The van der Waals surface area contributed by atoms with Crippen molar-refractivity contribution in [3.8, 4) is 0 Å². The van der Waals surface area contributed by atoms with Crippen molar-refractivity contribution in [3.63, 3.8) is 0 Å². The van der Waals surface area contributed by atoms with E-state index < -0.39 is 24.5 Å². The third-order valence-electron chi connectivity index (χ3n) is 5.69. The Balaban J connectivity index is 1.50. The summed E-state index contributed by atoms with van der Waals surface area (Å²) >= 11 is 5.90. The van der Waals surface area contributed by atoms with E-state index in [4.69, 9.17) is 16.3 Å². The first-order valence-corrected chi connectivity index (χ1v) is 11.0. The van der Waals surface area contributed by atoms with Crippen molar-refractivity contribution in [2.45, 2.75) is 6.10 Å². The highest BCUT2D eigenvalue weighted by molar-refractivity contribution is 6.31. The monoisotopic (exact) mass is 471 g/mol. The Hall–Kier alpha value is -3.80. The number of rotatable bonds is 5. The van der Waals surface area contributed by atoms with Crippen LogP contribution in [0.2, 0.25) is 5.02 Å². The minimum Gasteiger partial charge on any atom is -0.480 e. The molecule has 34 heavy (non-hydrogen) atoms. The van der Waals surface area contributed by atoms with Crippen molar-refractivity contribution in [2.24, 2.45) is 0 Å². The summed E-state index contributed by atoms with van der Waals surface area (Å²) < 4.78 is 19.5. The first-order valence-electron chi connectivity index (χ1n) is 10.7. The minimum absolute atomic E-state index is 0.0348. The number of carboxylic acid groups (broad SMARTS) is 1. The summed E-state index contributed by atoms with van der Waals surface area (Å²) in [6.45, 7) is -0.400. The average molecular weight is 472 g/mol. The van der Waals surface area contributed by atoms with Gasteiger partial charge in [0, 0.05) is 5.39 Å². The predicted octanol–water partition coefficient (Wildman–Crippen LogP) is 6.87. The maximum absolute atomic E-state index is 13.7. The van der Waals surface area contributed by atoms with E-state index in [0.29, 0.717) is 16.6 Å². The molecule has 6 heteroatoms. The molecule has 0 saturated carbocycles. The van der Waals surface area contributed by atoms with Crippen LogP contribution in [0, 0.1) is 5.82 Å². The SMILES string of the molecule is O=C(O)COC1c2ccccc2C=Cc2ccc(/C=C/c3ccc4cc(F)c(Cl)cc4n3)cc21. The lowest BCUT2D eigenvalue weighted by Crippen LogP contribution is -2.14. The Bertz CT molecular complexity index is 1480. The fraction of sp³-hybridized carbons (Fsp3) is 0.0714. The summed E-state index contributed by atoms with van der Waals surface area (Å²) in [6.07, 6.45) is 7.31. The van der Waals surface area contributed by atoms with Crippen molar-refractivity contribution >= 4 is 52.8 Å². The van der Waals surface area contributed by atoms with E-state index in [0.717, 1.165) is 27.8 Å². The smallest absolute Gasteiger partial charge is 0.329 e. The van der Waals surface area contributed by atoms with E-state index >= 15 is 0 Å². The molecule has 4 nitrogen and oxygen atoms in total. The van der Waals surface area contributed by atoms with E-state index in [1.165, 1.54) is 12.1 Å². The Morgan fingerprint density at radius 2 is 1.79 bits per heavy atom. The van der Waals surface area contributed by atoms with Gasteiger partial charge >= 0.3 is 5.97 Å². The second kappa shape index (κ2) is 9.21. The van der Waals surface area contributed by atoms with Crippen LogP contribution in [0.25, 0.3) is 35.2 Å². The second-order valence-corrected chi connectivity index (χ2v) is 8.37. The molecule has 1 aliphatic rings. The lowest BCUT2D eigenvalue weighted by molar-refractivity contribution is -0.143. The Kier molecular flexibility index (Phi) is 5.97. The highest BCUT2D eigenvalue weighted by atomic mass is 35.5. The summed E-state index contributed by atoms with van der Waals surface area (Å²) in [5, 5.41) is 9.90. The molecular formula is C28H19ClFNO3. The molecule has 4 aromatic rings. The number of hydrogen-bond acceptors (Lipinski definition) is 3. The second-order valence-electron chi connectivity index (χ2n) is 7.96. The first kappa shape index (κ1) is 22.0. The standard InChI is InChI=1S/C28H19ClFNO3/c29-24-15-26-20(14-25(24)30)10-12-21(31-26)11-6-17-5-7-19-9-8-18-3-1-2-4-22(18)28(23(19)13-17)34-16-27(32)33/h1-15,28H,16H2,(H,32,33)/b11-6+. The third-order valence-corrected chi connectivity index (χ3v) is 5.98. The van der Waals surface area contributed by atoms with Gasteiger partial charge in [0.2, 0.25) is 0 Å². The number of nitrogens with zero attached hydrogens (tertiary/aromatic N) is 1. The van der Waals surface area contributed by atoms with Crippen LogP contribution in [0.15, 0.2) is 66.7 Å². The largest absolute Gasteiger partial charge is 0.480 e. The fourth-order valence-corrected chi connectivity index (χ4v) is 4.22. The van der Waals surface area contributed by atoms with Gasteiger partial charge in [-0.25, -0.2) is 14.2 Å². The van der Waals surface area contributed by atoms with Gasteiger partial charge in [0.1, 0.15) is 18.5 Å². The summed E-state index contributed by atoms with van der Waals surface area (Å²) in [7, 11) is 0. The molecule has 1 heterocycles. The van der Waals surface area contributed by atoms with Gasteiger partial charge in [0.15, 0.2) is 0 Å². The fourth-order valence-electron chi connectivity index (χ4n) is 4.07. The van der Waals surface area contributed by atoms with Gasteiger partial charge in [-0.1, -0.05) is 72.3 Å². The van der Waals surface area contributed by atoms with Gasteiger partial charge in [-0.15, -0.1) is 0 Å². The van der Waals surface area contributed by atoms with E-state index in [9.17, 15) is 14.3 Å². The molecule has 1 aliphatic carbocycles. The number of pyridine rings is 1. The molecule has 0 bridgehead atoms. The van der Waals surface area contributed by atoms with Crippen LogP contribution in [0.3, 0.4) is 0 Å². The normalized spacial score (nSPS) is 14.7. The van der Waals surface area contributed by atoms with Crippen molar-refractivity contribution in [2.75, 3.05) is 6.61 Å². The zero-order chi connectivity index (χ0) is 23.7. The van der Waals surface area contributed by atoms with Crippen LogP contribution in [0.5, 0.6) is 0 Å². The van der Waals surface area contributed by atoms with Gasteiger partial charge in [-0.3, -0.25) is 0 Å². The van der Waals surface area contributed by atoms with Gasteiger partial charge in [-0.05, 0) is 58.2 Å². The van der Waals surface area contributed by atoms with Gasteiger partial charge in [0.25, 0.3) is 0 Å². The van der Waals surface area contributed by atoms with Crippen LogP contribution in [0.4, 0.5) is 4.39 Å². The summed E-state index contributed by atoms with van der Waals surface area (Å²) in [4.78, 5) is 15.8. The quantitative estimate of drug-likeness (QED) is 0.345. The molecule has 0 amide bonds. The number of aliphatic carboxylic acids is 1. The molecule has 3 aromatic carbocycles. The molecular weight excluding hydrogens is 453 g/mol. The first-order chi connectivity index (χ1) is 16.5. The average Bonchev–Trinajstić information content (AvgIpc) is 2.98. The van der Waals surface area contributed by atoms with Crippen LogP contribution in [-0.4, -0.2) is 22.7 Å². The molecule has 1 unspecified atom stereocenters. The zero-order valence-electron chi connectivity index (χ0n) is 17.9. The summed E-state index contributed by atoms with van der Waals surface area (Å²) in [6, 6.07) is 20.3. The molecule has 0 aliphatic heterocycles. The maximum atomic E-state index is 13.7.